The molecule has 1 saturated heterocycles. The van der Waals surface area contributed by atoms with Crippen LogP contribution < -0.4 is 11.1 Å². The average molecular weight is 273 g/mol. The van der Waals surface area contributed by atoms with E-state index in [1.165, 1.54) is 0 Å². The van der Waals surface area contributed by atoms with Gasteiger partial charge >= 0.3 is 0 Å². The van der Waals surface area contributed by atoms with Crippen LogP contribution in [0.5, 0.6) is 0 Å². The van der Waals surface area contributed by atoms with Crippen LogP contribution in [0.15, 0.2) is 10.7 Å². The lowest BCUT2D eigenvalue weighted by molar-refractivity contribution is 0.121. The summed E-state index contributed by atoms with van der Waals surface area (Å²) < 4.78 is 6.27. The van der Waals surface area contributed by atoms with Crippen molar-refractivity contribution < 1.29 is 4.74 Å². The van der Waals surface area contributed by atoms with Crippen molar-refractivity contribution in [3.63, 3.8) is 0 Å². The number of hydrogen-bond acceptors (Lipinski definition) is 5. The van der Waals surface area contributed by atoms with Crippen LogP contribution in [-0.2, 0) is 4.74 Å². The number of hydrogen-bond donors (Lipinski definition) is 2. The molecule has 0 radical (unpaired) electrons. The fourth-order valence-corrected chi connectivity index (χ4v) is 1.88. The van der Waals surface area contributed by atoms with E-state index in [4.69, 9.17) is 10.5 Å². The molecule has 5 nitrogen and oxygen atoms in total. The molecule has 2 atom stereocenters. The molecule has 1 aromatic rings. The third-order valence-corrected chi connectivity index (χ3v) is 3.04. The highest BCUT2D eigenvalue weighted by molar-refractivity contribution is 9.10. The van der Waals surface area contributed by atoms with Crippen LogP contribution >= 0.6 is 15.9 Å². The zero-order valence-electron chi connectivity index (χ0n) is 8.40. The van der Waals surface area contributed by atoms with Gasteiger partial charge in [-0.05, 0) is 29.3 Å². The van der Waals surface area contributed by atoms with E-state index < -0.39 is 0 Å². The van der Waals surface area contributed by atoms with E-state index >= 15 is 0 Å². The zero-order valence-corrected chi connectivity index (χ0v) is 9.99. The average Bonchev–Trinajstić information content (AvgIpc) is 2.58. The summed E-state index contributed by atoms with van der Waals surface area (Å²) in [6.07, 6.45) is 2.83. The second-order valence-corrected chi connectivity index (χ2v) is 4.39. The quantitative estimate of drug-likeness (QED) is 0.852. The molecule has 2 unspecified atom stereocenters. The molecule has 0 aromatic carbocycles. The largest absolute Gasteiger partial charge is 0.376 e. The predicted molar refractivity (Wildman–Crippen MR) is 61.6 cm³/mol. The van der Waals surface area contributed by atoms with E-state index in [2.05, 4.69) is 31.2 Å². The van der Waals surface area contributed by atoms with Crippen LogP contribution in [0.1, 0.15) is 13.3 Å². The van der Waals surface area contributed by atoms with Crippen LogP contribution in [0.4, 0.5) is 11.8 Å². The van der Waals surface area contributed by atoms with Crippen molar-refractivity contribution in [3.8, 4) is 0 Å². The van der Waals surface area contributed by atoms with Gasteiger partial charge in [-0.1, -0.05) is 0 Å². The second-order valence-electron chi connectivity index (χ2n) is 3.54. The van der Waals surface area contributed by atoms with Gasteiger partial charge in [0.1, 0.15) is 5.82 Å². The van der Waals surface area contributed by atoms with E-state index in [0.29, 0.717) is 0 Å². The minimum atomic E-state index is 0.202. The summed E-state index contributed by atoms with van der Waals surface area (Å²) in [6.45, 7) is 2.83. The van der Waals surface area contributed by atoms with E-state index in [1.54, 1.807) is 6.20 Å². The molecule has 1 aliphatic rings. The van der Waals surface area contributed by atoms with Gasteiger partial charge in [-0.25, -0.2) is 4.98 Å². The lowest BCUT2D eigenvalue weighted by Crippen LogP contribution is -2.27. The molecule has 82 valence electrons. The standard InChI is InChI=1S/C9H13BrN4O/c1-5-7(2-3-15-5)13-8-6(10)4-12-9(11)14-8/h4-5,7H,2-3H2,1H3,(H3,11,12,13,14). The second kappa shape index (κ2) is 4.32. The molecule has 2 rings (SSSR count). The van der Waals surface area contributed by atoms with E-state index in [0.717, 1.165) is 23.3 Å². The maximum atomic E-state index is 5.52. The highest BCUT2D eigenvalue weighted by atomic mass is 79.9. The van der Waals surface area contributed by atoms with Crippen molar-refractivity contribution in [2.75, 3.05) is 17.7 Å². The van der Waals surface area contributed by atoms with Crippen molar-refractivity contribution in [1.82, 2.24) is 9.97 Å². The molecule has 15 heavy (non-hydrogen) atoms. The molecule has 1 aromatic heterocycles. The van der Waals surface area contributed by atoms with Crippen molar-refractivity contribution >= 4 is 27.7 Å². The molecule has 6 heteroatoms. The highest BCUT2D eigenvalue weighted by Crippen LogP contribution is 2.23. The van der Waals surface area contributed by atoms with Gasteiger partial charge in [0.15, 0.2) is 0 Å². The van der Waals surface area contributed by atoms with Crippen molar-refractivity contribution in [2.45, 2.75) is 25.5 Å². The Labute approximate surface area is 96.6 Å². The zero-order chi connectivity index (χ0) is 10.8. The van der Waals surface area contributed by atoms with E-state index in [9.17, 15) is 0 Å². The van der Waals surface area contributed by atoms with Gasteiger partial charge in [0.2, 0.25) is 5.95 Å². The Morgan fingerprint density at radius 1 is 1.67 bits per heavy atom. The number of nitrogens with zero attached hydrogens (tertiary/aromatic N) is 2. The van der Waals surface area contributed by atoms with Gasteiger partial charge in [-0.2, -0.15) is 4.98 Å². The summed E-state index contributed by atoms with van der Waals surface area (Å²) in [5.74, 6) is 0.997. The van der Waals surface area contributed by atoms with E-state index in [-0.39, 0.29) is 18.1 Å². The smallest absolute Gasteiger partial charge is 0.221 e. The molecule has 2 heterocycles. The summed E-state index contributed by atoms with van der Waals surface area (Å²) in [7, 11) is 0. The van der Waals surface area contributed by atoms with Gasteiger partial charge in [0.05, 0.1) is 16.6 Å². The topological polar surface area (TPSA) is 73.1 Å². The van der Waals surface area contributed by atoms with Crippen LogP contribution in [0.2, 0.25) is 0 Å². The number of nitrogen functional groups attached to an aromatic ring is 1. The SMILES string of the molecule is CC1OCCC1Nc1nc(N)ncc1Br. The molecule has 3 N–H and O–H groups in total. The maximum Gasteiger partial charge on any atom is 0.221 e. The van der Waals surface area contributed by atoms with Crippen molar-refractivity contribution in [1.29, 1.82) is 0 Å². The summed E-state index contributed by atoms with van der Waals surface area (Å²) in [6, 6.07) is 0.288. The predicted octanol–water partition coefficient (Wildman–Crippen LogP) is 1.41. The lowest BCUT2D eigenvalue weighted by Gasteiger charge is -2.17. The number of anilines is 2. The van der Waals surface area contributed by atoms with Gasteiger partial charge in [0.25, 0.3) is 0 Å². The number of aromatic nitrogens is 2. The molecule has 0 spiro atoms. The Balaban J connectivity index is 2.12. The van der Waals surface area contributed by atoms with Crippen molar-refractivity contribution in [3.05, 3.63) is 10.7 Å². The third kappa shape index (κ3) is 2.38. The Morgan fingerprint density at radius 3 is 3.13 bits per heavy atom. The number of halogens is 1. The first-order valence-electron chi connectivity index (χ1n) is 4.83. The summed E-state index contributed by atoms with van der Waals surface area (Å²) in [4.78, 5) is 8.01. The monoisotopic (exact) mass is 272 g/mol. The molecule has 0 aliphatic carbocycles. The Hall–Kier alpha value is -0.880. The first-order valence-corrected chi connectivity index (χ1v) is 5.62. The van der Waals surface area contributed by atoms with Gasteiger partial charge in [0, 0.05) is 12.8 Å². The van der Waals surface area contributed by atoms with Gasteiger partial charge in [-0.3, -0.25) is 0 Å². The van der Waals surface area contributed by atoms with Crippen LogP contribution in [0.3, 0.4) is 0 Å². The highest BCUT2D eigenvalue weighted by Gasteiger charge is 2.24. The molecule has 1 aliphatic heterocycles. The number of rotatable bonds is 2. The summed E-state index contributed by atoms with van der Waals surface area (Å²) >= 11 is 3.37. The van der Waals surface area contributed by atoms with Crippen LogP contribution in [0, 0.1) is 0 Å². The first kappa shape index (κ1) is 10.6. The Morgan fingerprint density at radius 2 is 2.47 bits per heavy atom. The normalized spacial score (nSPS) is 25.5. The number of nitrogens with two attached hydrogens (primary N) is 1. The summed E-state index contributed by atoms with van der Waals surface area (Å²) in [5, 5.41) is 3.30. The summed E-state index contributed by atoms with van der Waals surface area (Å²) in [5.41, 5.74) is 5.52. The molecule has 0 saturated carbocycles. The van der Waals surface area contributed by atoms with Gasteiger partial charge in [-0.15, -0.1) is 0 Å². The number of ether oxygens (including phenoxy) is 1. The lowest BCUT2D eigenvalue weighted by atomic mass is 10.1. The third-order valence-electron chi connectivity index (χ3n) is 2.46. The fourth-order valence-electron chi connectivity index (χ4n) is 1.58. The number of nitrogens with one attached hydrogen (secondary N) is 1. The Kier molecular flexibility index (Phi) is 3.06. The van der Waals surface area contributed by atoms with Crippen LogP contribution in [-0.4, -0.2) is 28.7 Å². The molecule has 0 amide bonds. The molecule has 1 fully saturated rings. The Bertz CT molecular complexity index is 360. The van der Waals surface area contributed by atoms with Crippen molar-refractivity contribution in [2.24, 2.45) is 0 Å². The first-order chi connectivity index (χ1) is 7.16. The minimum absolute atomic E-state index is 0.202. The molecular weight excluding hydrogens is 260 g/mol. The van der Waals surface area contributed by atoms with E-state index in [1.807, 2.05) is 6.92 Å². The molecule has 0 bridgehead atoms. The van der Waals surface area contributed by atoms with Crippen LogP contribution in [0.25, 0.3) is 0 Å². The van der Waals surface area contributed by atoms with Gasteiger partial charge < -0.3 is 15.8 Å². The molecular formula is C9H13BrN4O. The minimum Gasteiger partial charge on any atom is -0.376 e. The fraction of sp³-hybridized carbons (Fsp3) is 0.556. The maximum absolute atomic E-state index is 5.52.